The summed E-state index contributed by atoms with van der Waals surface area (Å²) in [6.07, 6.45) is 6.55. The first-order chi connectivity index (χ1) is 14.1. The molecule has 3 rings (SSSR count). The van der Waals surface area contributed by atoms with Gasteiger partial charge in [0.1, 0.15) is 0 Å². The number of rotatable bonds is 10. The van der Waals surface area contributed by atoms with Crippen molar-refractivity contribution >= 4 is 17.3 Å². The van der Waals surface area contributed by atoms with Gasteiger partial charge in [-0.2, -0.15) is 0 Å². The molecule has 0 aliphatic rings. The van der Waals surface area contributed by atoms with E-state index in [1.54, 1.807) is 24.7 Å². The lowest BCUT2D eigenvalue weighted by atomic mass is 10.1. The normalized spacial score (nSPS) is 10.5. The van der Waals surface area contributed by atoms with E-state index in [2.05, 4.69) is 27.8 Å². The molecule has 1 aromatic heterocycles. The minimum Gasteiger partial charge on any atom is -0.385 e. The highest BCUT2D eigenvalue weighted by molar-refractivity contribution is 5.75. The van der Waals surface area contributed by atoms with Gasteiger partial charge in [-0.05, 0) is 29.7 Å². The Morgan fingerprint density at radius 3 is 2.45 bits per heavy atom. The second kappa shape index (κ2) is 10.0. The van der Waals surface area contributed by atoms with E-state index in [4.69, 9.17) is 0 Å². The third kappa shape index (κ3) is 6.46. The molecule has 0 saturated heterocycles. The minimum atomic E-state index is -0.429. The number of aromatic nitrogens is 2. The summed E-state index contributed by atoms with van der Waals surface area (Å²) in [5.74, 6) is -0.00186. The van der Waals surface area contributed by atoms with Gasteiger partial charge in [0, 0.05) is 56.3 Å². The molecule has 2 aromatic carbocycles. The van der Waals surface area contributed by atoms with Crippen molar-refractivity contribution in [2.75, 3.05) is 11.9 Å². The highest BCUT2D eigenvalue weighted by Crippen LogP contribution is 2.15. The zero-order valence-electron chi connectivity index (χ0n) is 16.0. The van der Waals surface area contributed by atoms with E-state index in [1.165, 1.54) is 17.7 Å². The van der Waals surface area contributed by atoms with Crippen molar-refractivity contribution in [2.24, 2.45) is 0 Å². The maximum Gasteiger partial charge on any atom is 0.269 e. The molecule has 8 nitrogen and oxygen atoms in total. The molecule has 0 fully saturated rings. The first-order valence-corrected chi connectivity index (χ1v) is 9.39. The fraction of sp³-hybridized carbons (Fsp3) is 0.238. The van der Waals surface area contributed by atoms with Crippen LogP contribution in [-0.4, -0.2) is 26.9 Å². The van der Waals surface area contributed by atoms with Gasteiger partial charge in [-0.1, -0.05) is 24.3 Å². The molecular weight excluding hydrogens is 370 g/mol. The second-order valence-electron chi connectivity index (χ2n) is 6.66. The van der Waals surface area contributed by atoms with Crippen LogP contribution in [0.25, 0.3) is 0 Å². The van der Waals surface area contributed by atoms with Crippen molar-refractivity contribution in [3.63, 3.8) is 0 Å². The molecule has 0 aliphatic carbocycles. The Balaban J connectivity index is 1.33. The summed E-state index contributed by atoms with van der Waals surface area (Å²) in [6.45, 7) is 1.89. The number of imidazole rings is 1. The molecule has 3 aromatic rings. The number of benzene rings is 2. The van der Waals surface area contributed by atoms with Crippen molar-refractivity contribution in [3.8, 4) is 0 Å². The second-order valence-corrected chi connectivity index (χ2v) is 6.66. The van der Waals surface area contributed by atoms with Crippen molar-refractivity contribution in [3.05, 3.63) is 88.5 Å². The maximum absolute atomic E-state index is 12.0. The summed E-state index contributed by atoms with van der Waals surface area (Å²) in [6, 6.07) is 14.4. The molecule has 2 N–H and O–H groups in total. The van der Waals surface area contributed by atoms with Crippen LogP contribution >= 0.6 is 0 Å². The molecule has 1 heterocycles. The fourth-order valence-corrected chi connectivity index (χ4v) is 2.83. The number of amides is 1. The van der Waals surface area contributed by atoms with Crippen molar-refractivity contribution in [1.29, 1.82) is 0 Å². The molecule has 8 heteroatoms. The zero-order chi connectivity index (χ0) is 20.5. The van der Waals surface area contributed by atoms with Crippen LogP contribution in [0.4, 0.5) is 11.4 Å². The van der Waals surface area contributed by atoms with Crippen LogP contribution in [0.2, 0.25) is 0 Å². The number of carbonyl (C=O) groups is 1. The smallest absolute Gasteiger partial charge is 0.269 e. The lowest BCUT2D eigenvalue weighted by Crippen LogP contribution is -2.23. The minimum absolute atomic E-state index is 0.00186. The van der Waals surface area contributed by atoms with Gasteiger partial charge in [0.15, 0.2) is 0 Å². The van der Waals surface area contributed by atoms with Crippen LogP contribution in [0.15, 0.2) is 67.3 Å². The van der Waals surface area contributed by atoms with Crippen LogP contribution in [-0.2, 0) is 17.9 Å². The van der Waals surface area contributed by atoms with E-state index in [0.29, 0.717) is 25.9 Å². The quantitative estimate of drug-likeness (QED) is 0.312. The van der Waals surface area contributed by atoms with Gasteiger partial charge in [0.25, 0.3) is 5.69 Å². The number of nitro benzene ring substituents is 1. The van der Waals surface area contributed by atoms with Crippen LogP contribution < -0.4 is 10.6 Å². The average Bonchev–Trinajstić information content (AvgIpc) is 3.24. The summed E-state index contributed by atoms with van der Waals surface area (Å²) in [7, 11) is 0. The predicted molar refractivity (Wildman–Crippen MR) is 110 cm³/mol. The van der Waals surface area contributed by atoms with Crippen molar-refractivity contribution in [2.45, 2.75) is 25.9 Å². The zero-order valence-corrected chi connectivity index (χ0v) is 16.0. The standard InChI is InChI=1S/C21H23N5O3/c27-21(2-1-11-23-19-7-9-20(10-8-19)26(28)29)24-14-17-3-5-18(6-4-17)15-25-13-12-22-16-25/h3-10,12-13,16,23H,1-2,11,14-15H2,(H,24,27). The van der Waals surface area contributed by atoms with Gasteiger partial charge in [-0.3, -0.25) is 14.9 Å². The maximum atomic E-state index is 12.0. The Labute approximate surface area is 168 Å². The Bertz CT molecular complexity index is 922. The van der Waals surface area contributed by atoms with E-state index in [-0.39, 0.29) is 11.6 Å². The molecule has 0 aliphatic heterocycles. The van der Waals surface area contributed by atoms with E-state index >= 15 is 0 Å². The van der Waals surface area contributed by atoms with Gasteiger partial charge in [-0.15, -0.1) is 0 Å². The lowest BCUT2D eigenvalue weighted by molar-refractivity contribution is -0.384. The van der Waals surface area contributed by atoms with Gasteiger partial charge in [-0.25, -0.2) is 4.98 Å². The Kier molecular flexibility index (Phi) is 6.94. The van der Waals surface area contributed by atoms with E-state index in [1.807, 2.05) is 22.9 Å². The summed E-state index contributed by atoms with van der Waals surface area (Å²) >= 11 is 0. The summed E-state index contributed by atoms with van der Waals surface area (Å²) < 4.78 is 2.00. The highest BCUT2D eigenvalue weighted by atomic mass is 16.6. The van der Waals surface area contributed by atoms with Crippen LogP contribution in [0.1, 0.15) is 24.0 Å². The van der Waals surface area contributed by atoms with Crippen molar-refractivity contribution < 1.29 is 9.72 Å². The van der Waals surface area contributed by atoms with Crippen LogP contribution in [0.3, 0.4) is 0 Å². The summed E-state index contributed by atoms with van der Waals surface area (Å²) in [5, 5.41) is 16.7. The summed E-state index contributed by atoms with van der Waals surface area (Å²) in [5.41, 5.74) is 3.09. The number of nitrogens with one attached hydrogen (secondary N) is 2. The number of hydrogen-bond acceptors (Lipinski definition) is 5. The van der Waals surface area contributed by atoms with Crippen LogP contribution in [0, 0.1) is 10.1 Å². The molecule has 1 amide bonds. The number of hydrogen-bond donors (Lipinski definition) is 2. The van der Waals surface area contributed by atoms with Gasteiger partial charge >= 0.3 is 0 Å². The molecule has 0 bridgehead atoms. The van der Waals surface area contributed by atoms with E-state index < -0.39 is 4.92 Å². The molecule has 150 valence electrons. The third-order valence-corrected chi connectivity index (χ3v) is 4.42. The van der Waals surface area contributed by atoms with E-state index in [0.717, 1.165) is 17.8 Å². The topological polar surface area (TPSA) is 102 Å². The van der Waals surface area contributed by atoms with Gasteiger partial charge < -0.3 is 15.2 Å². The molecule has 0 radical (unpaired) electrons. The van der Waals surface area contributed by atoms with Crippen LogP contribution in [0.5, 0.6) is 0 Å². The first-order valence-electron chi connectivity index (χ1n) is 9.39. The predicted octanol–water partition coefficient (Wildman–Crippen LogP) is 3.35. The Morgan fingerprint density at radius 2 is 1.79 bits per heavy atom. The fourth-order valence-electron chi connectivity index (χ4n) is 2.83. The molecule has 0 saturated carbocycles. The number of carbonyl (C=O) groups excluding carboxylic acids is 1. The number of non-ortho nitro benzene ring substituents is 1. The first kappa shape index (κ1) is 20.1. The monoisotopic (exact) mass is 393 g/mol. The largest absolute Gasteiger partial charge is 0.385 e. The number of nitrogens with zero attached hydrogens (tertiary/aromatic N) is 3. The van der Waals surface area contributed by atoms with Gasteiger partial charge in [0.05, 0.1) is 11.3 Å². The molecular formula is C21H23N5O3. The molecule has 29 heavy (non-hydrogen) atoms. The van der Waals surface area contributed by atoms with Crippen molar-refractivity contribution in [1.82, 2.24) is 14.9 Å². The summed E-state index contributed by atoms with van der Waals surface area (Å²) in [4.78, 5) is 26.2. The number of anilines is 1. The molecule has 0 atom stereocenters. The lowest BCUT2D eigenvalue weighted by Gasteiger charge is -2.08. The molecule has 0 unspecified atom stereocenters. The van der Waals surface area contributed by atoms with Gasteiger partial charge in [0.2, 0.25) is 5.91 Å². The SMILES string of the molecule is O=C(CCCNc1ccc([N+](=O)[O-])cc1)NCc1ccc(Cn2ccnc2)cc1. The Hall–Kier alpha value is -3.68. The average molecular weight is 393 g/mol. The highest BCUT2D eigenvalue weighted by Gasteiger charge is 2.05. The third-order valence-electron chi connectivity index (χ3n) is 4.42. The number of nitro groups is 1. The molecule has 0 spiro atoms. The Morgan fingerprint density at radius 1 is 1.07 bits per heavy atom. The van der Waals surface area contributed by atoms with E-state index in [9.17, 15) is 14.9 Å².